The van der Waals surface area contributed by atoms with E-state index in [9.17, 15) is 9.90 Å². The first-order chi connectivity index (χ1) is 10.0. The van der Waals surface area contributed by atoms with Gasteiger partial charge in [-0.1, -0.05) is 0 Å². The maximum absolute atomic E-state index is 11.9. The lowest BCUT2D eigenvalue weighted by Gasteiger charge is -2.50. The number of hydrogen-bond acceptors (Lipinski definition) is 4. The minimum atomic E-state index is -0.618. The summed E-state index contributed by atoms with van der Waals surface area (Å²) >= 11 is 0. The zero-order valence-corrected chi connectivity index (χ0v) is 13.1. The van der Waals surface area contributed by atoms with Crippen molar-refractivity contribution in [1.82, 2.24) is 10.2 Å². The van der Waals surface area contributed by atoms with Crippen LogP contribution in [0.2, 0.25) is 0 Å². The lowest BCUT2D eigenvalue weighted by Crippen LogP contribution is -2.64. The topological polar surface area (TPSA) is 61.8 Å². The second-order valence-corrected chi connectivity index (χ2v) is 7.28. The molecule has 3 aliphatic heterocycles. The van der Waals surface area contributed by atoms with Crippen LogP contribution < -0.4 is 5.32 Å². The van der Waals surface area contributed by atoms with Gasteiger partial charge in [0.2, 0.25) is 5.91 Å². The minimum Gasteiger partial charge on any atom is -0.388 e. The number of rotatable bonds is 2. The molecule has 0 aromatic heterocycles. The lowest BCUT2D eigenvalue weighted by molar-refractivity contribution is -0.124. The van der Waals surface area contributed by atoms with Crippen LogP contribution in [0.3, 0.4) is 0 Å². The molecule has 0 unspecified atom stereocenters. The van der Waals surface area contributed by atoms with Gasteiger partial charge >= 0.3 is 0 Å². The number of nitrogens with zero attached hydrogens (tertiary/aromatic N) is 1. The van der Waals surface area contributed by atoms with Gasteiger partial charge in [-0.25, -0.2) is 0 Å². The Morgan fingerprint density at radius 3 is 2.86 bits per heavy atom. The molecule has 3 rings (SSSR count). The predicted molar refractivity (Wildman–Crippen MR) is 80.0 cm³/mol. The number of β-amino-alcohol motifs (C(OH)–C–C–N with tert-alkyl or cyclic N) is 1. The number of carbonyl (C=O) groups is 1. The van der Waals surface area contributed by atoms with E-state index >= 15 is 0 Å². The van der Waals surface area contributed by atoms with Gasteiger partial charge in [-0.05, 0) is 39.2 Å². The summed E-state index contributed by atoms with van der Waals surface area (Å²) in [7, 11) is 0. The molecule has 2 N–H and O–H groups in total. The van der Waals surface area contributed by atoms with Crippen LogP contribution in [0, 0.1) is 0 Å². The fourth-order valence-electron chi connectivity index (χ4n) is 4.34. The first kappa shape index (κ1) is 15.3. The number of amides is 1. The van der Waals surface area contributed by atoms with E-state index in [2.05, 4.69) is 17.1 Å². The molecular weight excluding hydrogens is 268 g/mol. The summed E-state index contributed by atoms with van der Waals surface area (Å²) in [6.45, 7) is 5.23. The van der Waals surface area contributed by atoms with Crippen LogP contribution in [0.1, 0.15) is 51.9 Å². The molecular formula is C16H28N2O3. The number of ether oxygens (including phenoxy) is 1. The molecule has 1 amide bonds. The number of hydrogen-bond donors (Lipinski definition) is 2. The first-order valence-electron chi connectivity index (χ1n) is 8.36. The molecule has 3 aliphatic rings. The van der Waals surface area contributed by atoms with Gasteiger partial charge in [0.25, 0.3) is 0 Å². The molecule has 0 saturated carbocycles. The minimum absolute atomic E-state index is 0.132. The molecule has 2 atom stereocenters. The van der Waals surface area contributed by atoms with Crippen molar-refractivity contribution < 1.29 is 14.6 Å². The second-order valence-electron chi connectivity index (χ2n) is 7.28. The summed E-state index contributed by atoms with van der Waals surface area (Å²) in [6, 6.07) is 0.351. The van der Waals surface area contributed by atoms with E-state index in [-0.39, 0.29) is 11.4 Å². The van der Waals surface area contributed by atoms with Crippen molar-refractivity contribution in [1.29, 1.82) is 0 Å². The molecule has 0 bridgehead atoms. The SMILES string of the molecule is C[C@]12CCCN(CC3(O)CCOCC3)[C@H]1CCCC(=O)N2. The number of likely N-dealkylation sites (tertiary alicyclic amines) is 1. The number of piperidine rings is 1. The molecule has 120 valence electrons. The molecule has 21 heavy (non-hydrogen) atoms. The second kappa shape index (κ2) is 5.86. The smallest absolute Gasteiger partial charge is 0.220 e. The summed E-state index contributed by atoms with van der Waals surface area (Å²) in [4.78, 5) is 14.3. The largest absolute Gasteiger partial charge is 0.388 e. The highest BCUT2D eigenvalue weighted by Crippen LogP contribution is 2.35. The van der Waals surface area contributed by atoms with Gasteiger partial charge in [-0.3, -0.25) is 9.69 Å². The van der Waals surface area contributed by atoms with Crippen molar-refractivity contribution >= 4 is 5.91 Å². The standard InChI is InChI=1S/C16H28N2O3/c1-15-6-3-9-18(12-16(20)7-10-21-11-8-16)13(15)4-2-5-14(19)17-15/h13,20H,2-12H2,1H3,(H,17,19)/t13-,15-/m0/s1. The van der Waals surface area contributed by atoms with Crippen molar-refractivity contribution in [2.24, 2.45) is 0 Å². The van der Waals surface area contributed by atoms with E-state index in [4.69, 9.17) is 4.74 Å². The average molecular weight is 296 g/mol. The molecule has 0 radical (unpaired) electrons. The predicted octanol–water partition coefficient (Wildman–Crippen LogP) is 1.05. The van der Waals surface area contributed by atoms with Crippen molar-refractivity contribution in [3.05, 3.63) is 0 Å². The number of aliphatic hydroxyl groups is 1. The molecule has 0 spiro atoms. The maximum Gasteiger partial charge on any atom is 0.220 e. The van der Waals surface area contributed by atoms with Gasteiger partial charge in [0.15, 0.2) is 0 Å². The van der Waals surface area contributed by atoms with E-state index < -0.39 is 5.60 Å². The van der Waals surface area contributed by atoms with Gasteiger partial charge in [-0.2, -0.15) is 0 Å². The summed E-state index contributed by atoms with van der Waals surface area (Å²) in [5.41, 5.74) is -0.750. The third-order valence-electron chi connectivity index (χ3n) is 5.54. The van der Waals surface area contributed by atoms with Crippen LogP contribution >= 0.6 is 0 Å². The van der Waals surface area contributed by atoms with Crippen molar-refractivity contribution in [3.8, 4) is 0 Å². The Kier molecular flexibility index (Phi) is 4.26. The number of nitrogens with one attached hydrogen (secondary N) is 1. The Morgan fingerprint density at radius 1 is 1.33 bits per heavy atom. The normalized spacial score (nSPS) is 37.4. The fourth-order valence-corrected chi connectivity index (χ4v) is 4.34. The highest BCUT2D eigenvalue weighted by molar-refractivity contribution is 5.77. The Hall–Kier alpha value is -0.650. The van der Waals surface area contributed by atoms with Crippen molar-refractivity contribution in [2.45, 2.75) is 69.1 Å². The van der Waals surface area contributed by atoms with Gasteiger partial charge in [-0.15, -0.1) is 0 Å². The average Bonchev–Trinajstić information content (AvgIpc) is 2.57. The van der Waals surface area contributed by atoms with E-state index in [0.29, 0.717) is 32.2 Å². The molecule has 0 aliphatic carbocycles. The van der Waals surface area contributed by atoms with Crippen LogP contribution in [-0.4, -0.2) is 59.4 Å². The highest BCUT2D eigenvalue weighted by atomic mass is 16.5. The fraction of sp³-hybridized carbons (Fsp3) is 0.938. The van der Waals surface area contributed by atoms with E-state index in [0.717, 1.165) is 45.1 Å². The van der Waals surface area contributed by atoms with Crippen LogP contribution in [0.5, 0.6) is 0 Å². The zero-order chi connectivity index (χ0) is 14.9. The Balaban J connectivity index is 1.73. The van der Waals surface area contributed by atoms with Gasteiger partial charge in [0.1, 0.15) is 0 Å². The van der Waals surface area contributed by atoms with Crippen LogP contribution in [0.4, 0.5) is 0 Å². The summed E-state index contributed by atoms with van der Waals surface area (Å²) in [5, 5.41) is 14.1. The summed E-state index contributed by atoms with van der Waals surface area (Å²) in [5.74, 6) is 0.187. The van der Waals surface area contributed by atoms with E-state index in [1.54, 1.807) is 0 Å². The third kappa shape index (κ3) is 3.25. The molecule has 5 nitrogen and oxygen atoms in total. The van der Waals surface area contributed by atoms with Crippen molar-refractivity contribution in [3.63, 3.8) is 0 Å². The molecule has 3 heterocycles. The monoisotopic (exact) mass is 296 g/mol. The molecule has 3 fully saturated rings. The Morgan fingerprint density at radius 2 is 2.10 bits per heavy atom. The quantitative estimate of drug-likeness (QED) is 0.799. The van der Waals surface area contributed by atoms with Gasteiger partial charge in [0, 0.05) is 45.1 Å². The van der Waals surface area contributed by atoms with Crippen LogP contribution in [0.15, 0.2) is 0 Å². The van der Waals surface area contributed by atoms with Gasteiger partial charge < -0.3 is 15.2 Å². The van der Waals surface area contributed by atoms with Gasteiger partial charge in [0.05, 0.1) is 11.1 Å². The van der Waals surface area contributed by atoms with E-state index in [1.165, 1.54) is 0 Å². The molecule has 3 saturated heterocycles. The Bertz CT molecular complexity index is 395. The Labute approximate surface area is 127 Å². The molecule has 0 aromatic rings. The van der Waals surface area contributed by atoms with E-state index in [1.807, 2.05) is 0 Å². The zero-order valence-electron chi connectivity index (χ0n) is 13.1. The van der Waals surface area contributed by atoms with Crippen molar-refractivity contribution in [2.75, 3.05) is 26.3 Å². The van der Waals surface area contributed by atoms with Crippen LogP contribution in [0.25, 0.3) is 0 Å². The summed E-state index contributed by atoms with van der Waals surface area (Å²) in [6.07, 6.45) is 6.20. The van der Waals surface area contributed by atoms with Crippen LogP contribution in [-0.2, 0) is 9.53 Å². The molecule has 0 aromatic carbocycles. The highest BCUT2D eigenvalue weighted by Gasteiger charge is 2.45. The maximum atomic E-state index is 11.9. The number of carbonyl (C=O) groups excluding carboxylic acids is 1. The first-order valence-corrected chi connectivity index (χ1v) is 8.36. The third-order valence-corrected chi connectivity index (χ3v) is 5.54. The molecule has 5 heteroatoms. The lowest BCUT2D eigenvalue weighted by atomic mass is 9.80. The number of fused-ring (bicyclic) bond motifs is 1. The summed E-state index contributed by atoms with van der Waals surface area (Å²) < 4.78 is 5.38.